The van der Waals surface area contributed by atoms with Crippen LogP contribution in [0.25, 0.3) is 32.3 Å². The van der Waals surface area contributed by atoms with E-state index in [1.54, 1.807) is 0 Å². The number of hydrogen-bond donors (Lipinski definition) is 0. The van der Waals surface area contributed by atoms with E-state index in [4.69, 9.17) is 0 Å². The molecule has 0 aliphatic heterocycles. The predicted octanol–water partition coefficient (Wildman–Crippen LogP) is 5.15. The second-order valence-corrected chi connectivity index (χ2v) is 5.19. The third-order valence-corrected chi connectivity index (χ3v) is 3.77. The SMILES string of the molecule is Brc1[c]c2ccc3cccc4ccc(c1)c2c34. The normalized spacial score (nSPS) is 11.8. The molecule has 1 heteroatoms. The largest absolute Gasteiger partial charge is 0.0610 e. The zero-order valence-corrected chi connectivity index (χ0v) is 10.6. The van der Waals surface area contributed by atoms with Crippen LogP contribution in [0.2, 0.25) is 0 Å². The number of benzene rings is 4. The van der Waals surface area contributed by atoms with Crippen LogP contribution in [0.4, 0.5) is 0 Å². The lowest BCUT2D eigenvalue weighted by molar-refractivity contribution is 1.73. The van der Waals surface area contributed by atoms with Crippen LogP contribution in [-0.2, 0) is 0 Å². The van der Waals surface area contributed by atoms with Gasteiger partial charge in [0, 0.05) is 10.5 Å². The van der Waals surface area contributed by atoms with Gasteiger partial charge in [-0.1, -0.05) is 58.4 Å². The number of rotatable bonds is 0. The molecule has 0 aliphatic rings. The van der Waals surface area contributed by atoms with E-state index in [1.165, 1.54) is 32.3 Å². The van der Waals surface area contributed by atoms with Crippen LogP contribution < -0.4 is 0 Å². The van der Waals surface area contributed by atoms with Gasteiger partial charge in [0.2, 0.25) is 0 Å². The third-order valence-electron chi connectivity index (χ3n) is 3.35. The minimum atomic E-state index is 1.02. The number of hydrogen-bond acceptors (Lipinski definition) is 0. The number of halogens is 1. The van der Waals surface area contributed by atoms with Gasteiger partial charge < -0.3 is 0 Å². The Balaban J connectivity index is 2.45. The van der Waals surface area contributed by atoms with Gasteiger partial charge in [0.05, 0.1) is 0 Å². The van der Waals surface area contributed by atoms with Crippen molar-refractivity contribution in [1.29, 1.82) is 0 Å². The smallest absolute Gasteiger partial charge is 0.0266 e. The highest BCUT2D eigenvalue weighted by atomic mass is 79.9. The van der Waals surface area contributed by atoms with Crippen molar-refractivity contribution in [3.63, 3.8) is 0 Å². The lowest BCUT2D eigenvalue weighted by Crippen LogP contribution is -1.83. The van der Waals surface area contributed by atoms with Gasteiger partial charge in [0.1, 0.15) is 0 Å². The van der Waals surface area contributed by atoms with Gasteiger partial charge in [-0.3, -0.25) is 0 Å². The monoisotopic (exact) mass is 279 g/mol. The van der Waals surface area contributed by atoms with Crippen molar-refractivity contribution >= 4 is 48.2 Å². The average Bonchev–Trinajstić information content (AvgIpc) is 2.35. The van der Waals surface area contributed by atoms with Gasteiger partial charge in [-0.15, -0.1) is 0 Å². The maximum Gasteiger partial charge on any atom is 0.0266 e. The molecule has 0 N–H and O–H groups in total. The van der Waals surface area contributed by atoms with E-state index in [0.29, 0.717) is 0 Å². The summed E-state index contributed by atoms with van der Waals surface area (Å²) in [6.07, 6.45) is 0. The van der Waals surface area contributed by atoms with Crippen LogP contribution in [0.15, 0.2) is 53.0 Å². The Kier molecular flexibility index (Phi) is 1.78. The van der Waals surface area contributed by atoms with Crippen molar-refractivity contribution in [2.45, 2.75) is 0 Å². The quantitative estimate of drug-likeness (QED) is 0.391. The van der Waals surface area contributed by atoms with Crippen molar-refractivity contribution in [3.05, 3.63) is 59.1 Å². The first-order chi connectivity index (χ1) is 8.33. The van der Waals surface area contributed by atoms with Gasteiger partial charge >= 0.3 is 0 Å². The minimum absolute atomic E-state index is 1.02. The summed E-state index contributed by atoms with van der Waals surface area (Å²) in [7, 11) is 0. The minimum Gasteiger partial charge on any atom is -0.0610 e. The molecule has 0 aliphatic carbocycles. The highest BCUT2D eigenvalue weighted by Crippen LogP contribution is 2.35. The Labute approximate surface area is 107 Å². The topological polar surface area (TPSA) is 0 Å². The second kappa shape index (κ2) is 3.21. The molecule has 0 aromatic heterocycles. The fourth-order valence-corrected chi connectivity index (χ4v) is 3.09. The van der Waals surface area contributed by atoms with E-state index in [9.17, 15) is 0 Å². The van der Waals surface area contributed by atoms with Crippen LogP contribution in [0.5, 0.6) is 0 Å². The fraction of sp³-hybridized carbons (Fsp3) is 0. The van der Waals surface area contributed by atoms with Crippen LogP contribution >= 0.6 is 15.9 Å². The molecule has 1 radical (unpaired) electrons. The molecule has 0 atom stereocenters. The summed E-state index contributed by atoms with van der Waals surface area (Å²) >= 11 is 3.52. The third kappa shape index (κ3) is 1.23. The zero-order chi connectivity index (χ0) is 11.4. The molecular weight excluding hydrogens is 272 g/mol. The summed E-state index contributed by atoms with van der Waals surface area (Å²) in [5, 5.41) is 7.73. The van der Waals surface area contributed by atoms with E-state index in [1.807, 2.05) is 0 Å². The van der Waals surface area contributed by atoms with Gasteiger partial charge in [0.15, 0.2) is 0 Å². The molecule has 0 nitrogen and oxygen atoms in total. The van der Waals surface area contributed by atoms with Gasteiger partial charge in [0.25, 0.3) is 0 Å². The molecule has 0 heterocycles. The van der Waals surface area contributed by atoms with E-state index in [-0.39, 0.29) is 0 Å². The molecule has 79 valence electrons. The van der Waals surface area contributed by atoms with Crippen molar-refractivity contribution < 1.29 is 0 Å². The van der Waals surface area contributed by atoms with E-state index < -0.39 is 0 Å². The summed E-state index contributed by atoms with van der Waals surface area (Å²) in [6, 6.07) is 20.6. The maximum absolute atomic E-state index is 3.52. The highest BCUT2D eigenvalue weighted by molar-refractivity contribution is 9.10. The lowest BCUT2D eigenvalue weighted by atomic mass is 9.94. The Hall–Kier alpha value is -1.60. The van der Waals surface area contributed by atoms with Crippen molar-refractivity contribution in [2.75, 3.05) is 0 Å². The molecule has 0 saturated carbocycles. The summed E-state index contributed by atoms with van der Waals surface area (Å²) in [4.78, 5) is 0. The molecule has 0 fully saturated rings. The summed E-state index contributed by atoms with van der Waals surface area (Å²) in [5.74, 6) is 0. The first-order valence-electron chi connectivity index (χ1n) is 5.58. The molecule has 4 rings (SSSR count). The van der Waals surface area contributed by atoms with Crippen molar-refractivity contribution in [2.24, 2.45) is 0 Å². The Morgan fingerprint density at radius 3 is 2.29 bits per heavy atom. The highest BCUT2D eigenvalue weighted by Gasteiger charge is 2.07. The van der Waals surface area contributed by atoms with Gasteiger partial charge in [-0.2, -0.15) is 0 Å². The molecular formula is C16H8Br. The fourth-order valence-electron chi connectivity index (χ4n) is 2.63. The molecule has 0 bridgehead atoms. The van der Waals surface area contributed by atoms with Crippen molar-refractivity contribution in [3.8, 4) is 0 Å². The molecule has 4 aromatic rings. The molecule has 0 unspecified atom stereocenters. The average molecular weight is 280 g/mol. The summed E-state index contributed by atoms with van der Waals surface area (Å²) in [5.41, 5.74) is 0. The second-order valence-electron chi connectivity index (χ2n) is 4.34. The van der Waals surface area contributed by atoms with Gasteiger partial charge in [-0.25, -0.2) is 0 Å². The van der Waals surface area contributed by atoms with Crippen LogP contribution in [0.3, 0.4) is 0 Å². The molecule has 4 aromatic carbocycles. The summed E-state index contributed by atoms with van der Waals surface area (Å²) < 4.78 is 1.02. The molecule has 17 heavy (non-hydrogen) atoms. The first-order valence-corrected chi connectivity index (χ1v) is 6.37. The zero-order valence-electron chi connectivity index (χ0n) is 9.00. The Morgan fingerprint density at radius 1 is 0.765 bits per heavy atom. The Morgan fingerprint density at radius 2 is 1.47 bits per heavy atom. The van der Waals surface area contributed by atoms with Crippen LogP contribution in [0, 0.1) is 6.07 Å². The van der Waals surface area contributed by atoms with E-state index in [2.05, 4.69) is 70.5 Å². The molecule has 0 spiro atoms. The summed E-state index contributed by atoms with van der Waals surface area (Å²) in [6.45, 7) is 0. The predicted molar refractivity (Wildman–Crippen MR) is 76.7 cm³/mol. The standard InChI is InChI=1S/C16H8Br/c17-14-8-12-6-4-10-2-1-3-11-5-7-13(9-14)16(12)15(10)11/h1-8H. The van der Waals surface area contributed by atoms with E-state index >= 15 is 0 Å². The molecule has 0 saturated heterocycles. The Bertz CT molecular complexity index is 782. The lowest BCUT2D eigenvalue weighted by Gasteiger charge is -2.10. The molecule has 0 amide bonds. The van der Waals surface area contributed by atoms with Crippen molar-refractivity contribution in [1.82, 2.24) is 0 Å². The van der Waals surface area contributed by atoms with Crippen LogP contribution in [-0.4, -0.2) is 0 Å². The van der Waals surface area contributed by atoms with Gasteiger partial charge in [-0.05, 0) is 38.4 Å². The first kappa shape index (κ1) is 9.43. The van der Waals surface area contributed by atoms with Crippen LogP contribution in [0.1, 0.15) is 0 Å². The van der Waals surface area contributed by atoms with E-state index in [0.717, 1.165) is 4.47 Å². The maximum atomic E-state index is 3.52.